The van der Waals surface area contributed by atoms with Gasteiger partial charge in [0.2, 0.25) is 0 Å². The van der Waals surface area contributed by atoms with Crippen molar-refractivity contribution in [3.05, 3.63) is 105 Å². The molecule has 6 nitrogen and oxygen atoms in total. The number of hydrogen-bond donors (Lipinski definition) is 3. The second kappa shape index (κ2) is 13.5. The molecular formula is C29H33BClNO5. The molecule has 1 aliphatic heterocycles. The molecule has 1 aliphatic rings. The van der Waals surface area contributed by atoms with Gasteiger partial charge in [0.15, 0.2) is 5.78 Å². The predicted octanol–water partition coefficient (Wildman–Crippen LogP) is 4.58. The van der Waals surface area contributed by atoms with E-state index >= 15 is 0 Å². The highest BCUT2D eigenvalue weighted by Crippen LogP contribution is 2.27. The number of H-pyrrole nitrogens is 1. The van der Waals surface area contributed by atoms with E-state index in [1.165, 1.54) is 5.56 Å². The zero-order valence-corrected chi connectivity index (χ0v) is 22.2. The molecule has 0 radical (unpaired) electrons. The van der Waals surface area contributed by atoms with Gasteiger partial charge in [0.1, 0.15) is 5.02 Å². The molecule has 2 aromatic carbocycles. The average molecular weight is 522 g/mol. The molecule has 0 aliphatic carbocycles. The maximum Gasteiger partial charge on any atom is 0.488 e. The highest BCUT2D eigenvalue weighted by Gasteiger charge is 2.16. The summed E-state index contributed by atoms with van der Waals surface area (Å²) >= 11 is 5.86. The lowest BCUT2D eigenvalue weighted by Crippen LogP contribution is -2.29. The van der Waals surface area contributed by atoms with Crippen molar-refractivity contribution < 1.29 is 19.6 Å². The number of aromatic nitrogens is 1. The Morgan fingerprint density at radius 1 is 1.00 bits per heavy atom. The van der Waals surface area contributed by atoms with Crippen LogP contribution in [0.3, 0.4) is 0 Å². The van der Waals surface area contributed by atoms with Gasteiger partial charge >= 0.3 is 7.12 Å². The summed E-state index contributed by atoms with van der Waals surface area (Å²) in [5, 5.41) is 17.8. The molecule has 1 aromatic heterocycles. The first-order valence-corrected chi connectivity index (χ1v) is 12.8. The Morgan fingerprint density at radius 3 is 2.11 bits per heavy atom. The van der Waals surface area contributed by atoms with Crippen molar-refractivity contribution in [2.45, 2.75) is 39.5 Å². The number of benzene rings is 2. The van der Waals surface area contributed by atoms with E-state index in [9.17, 15) is 9.59 Å². The van der Waals surface area contributed by atoms with Gasteiger partial charge in [-0.1, -0.05) is 80.1 Å². The van der Waals surface area contributed by atoms with Crippen LogP contribution in [0.15, 0.2) is 71.5 Å². The van der Waals surface area contributed by atoms with E-state index in [0.717, 1.165) is 42.9 Å². The number of nitrogens with one attached hydrogen (secondary N) is 1. The molecule has 8 heteroatoms. The Bertz CT molecular complexity index is 1230. The van der Waals surface area contributed by atoms with Crippen LogP contribution in [0.1, 0.15) is 66.7 Å². The molecule has 0 spiro atoms. The van der Waals surface area contributed by atoms with Crippen LogP contribution < -0.4 is 11.0 Å². The van der Waals surface area contributed by atoms with E-state index in [2.05, 4.69) is 24.9 Å². The van der Waals surface area contributed by atoms with E-state index in [-0.39, 0.29) is 16.4 Å². The third-order valence-electron chi connectivity index (χ3n) is 6.32. The minimum Gasteiger partial charge on any atom is -0.423 e. The van der Waals surface area contributed by atoms with Crippen LogP contribution in [-0.2, 0) is 4.74 Å². The van der Waals surface area contributed by atoms with Crippen LogP contribution in [0.5, 0.6) is 0 Å². The third kappa shape index (κ3) is 8.27. The molecule has 0 unspecified atom stereocenters. The van der Waals surface area contributed by atoms with Crippen LogP contribution in [0, 0.1) is 5.92 Å². The van der Waals surface area contributed by atoms with E-state index in [0.29, 0.717) is 22.9 Å². The molecule has 3 N–H and O–H groups in total. The van der Waals surface area contributed by atoms with Crippen molar-refractivity contribution >= 4 is 35.5 Å². The number of halogens is 1. The molecule has 0 bridgehead atoms. The number of pyridine rings is 1. The molecule has 3 aromatic rings. The van der Waals surface area contributed by atoms with Crippen molar-refractivity contribution in [3.63, 3.8) is 0 Å². The summed E-state index contributed by atoms with van der Waals surface area (Å²) in [4.78, 5) is 26.3. The topological polar surface area (TPSA) is 99.6 Å². The van der Waals surface area contributed by atoms with Gasteiger partial charge in [-0.3, -0.25) is 9.59 Å². The quantitative estimate of drug-likeness (QED) is 0.326. The SMILES string of the molecule is CC(=O)c1ccc(/C(=C\C2CCOCC2)c2ccc(Cl)c(=O)[nH]2)cc1.CC(C)c1ccc(B(O)O)cc1. The zero-order chi connectivity index (χ0) is 26.9. The molecular weight excluding hydrogens is 489 g/mol. The number of carbonyl (C=O) groups excluding carboxylic acids is 1. The number of aromatic amines is 1. The van der Waals surface area contributed by atoms with Crippen LogP contribution >= 0.6 is 11.6 Å². The van der Waals surface area contributed by atoms with Crippen LogP contribution in [0.2, 0.25) is 5.02 Å². The highest BCUT2D eigenvalue weighted by atomic mass is 35.5. The molecule has 194 valence electrons. The van der Waals surface area contributed by atoms with Crippen molar-refractivity contribution in [1.82, 2.24) is 4.98 Å². The van der Waals surface area contributed by atoms with Crippen molar-refractivity contribution in [2.75, 3.05) is 13.2 Å². The lowest BCUT2D eigenvalue weighted by molar-refractivity contribution is 0.0786. The normalized spacial score (nSPS) is 14.2. The van der Waals surface area contributed by atoms with Crippen LogP contribution in [0.25, 0.3) is 5.57 Å². The summed E-state index contributed by atoms with van der Waals surface area (Å²) in [5.74, 6) is 0.895. The Hall–Kier alpha value is -2.97. The van der Waals surface area contributed by atoms with E-state index in [4.69, 9.17) is 26.4 Å². The summed E-state index contributed by atoms with van der Waals surface area (Å²) in [6.45, 7) is 7.24. The largest absolute Gasteiger partial charge is 0.488 e. The highest BCUT2D eigenvalue weighted by molar-refractivity contribution is 6.58. The van der Waals surface area contributed by atoms with Crippen molar-refractivity contribution in [3.8, 4) is 0 Å². The van der Waals surface area contributed by atoms with Gasteiger partial charge in [0.25, 0.3) is 5.56 Å². The van der Waals surface area contributed by atoms with Gasteiger partial charge in [0, 0.05) is 30.0 Å². The van der Waals surface area contributed by atoms with Crippen molar-refractivity contribution in [2.24, 2.45) is 5.92 Å². The average Bonchev–Trinajstić information content (AvgIpc) is 2.90. The second-order valence-corrected chi connectivity index (χ2v) is 9.81. The predicted molar refractivity (Wildman–Crippen MR) is 149 cm³/mol. The lowest BCUT2D eigenvalue weighted by Gasteiger charge is -2.21. The molecule has 0 atom stereocenters. The minimum atomic E-state index is -1.36. The fraction of sp³-hybridized carbons (Fsp3) is 0.310. The fourth-order valence-corrected chi connectivity index (χ4v) is 4.12. The summed E-state index contributed by atoms with van der Waals surface area (Å²) < 4.78 is 5.43. The van der Waals surface area contributed by atoms with Gasteiger partial charge in [-0.25, -0.2) is 0 Å². The molecule has 1 fully saturated rings. The summed E-state index contributed by atoms with van der Waals surface area (Å²) in [6, 6.07) is 18.2. The van der Waals surface area contributed by atoms with Gasteiger partial charge in [0.05, 0.1) is 0 Å². The van der Waals surface area contributed by atoms with E-state index < -0.39 is 7.12 Å². The van der Waals surface area contributed by atoms with E-state index in [1.54, 1.807) is 25.1 Å². The number of ketones is 1. The molecule has 0 amide bonds. The lowest BCUT2D eigenvalue weighted by atomic mass is 9.79. The first kappa shape index (κ1) is 28.6. The summed E-state index contributed by atoms with van der Waals surface area (Å²) in [6.07, 6.45) is 4.09. The molecule has 1 saturated heterocycles. The molecule has 4 rings (SSSR count). The number of ether oxygens (including phenoxy) is 1. The number of allylic oxidation sites excluding steroid dienone is 1. The first-order chi connectivity index (χ1) is 17.7. The Morgan fingerprint density at radius 2 is 1.59 bits per heavy atom. The number of carbonyl (C=O) groups is 1. The Labute approximate surface area is 223 Å². The van der Waals surface area contributed by atoms with Gasteiger partial charge in [-0.2, -0.15) is 0 Å². The molecule has 37 heavy (non-hydrogen) atoms. The number of hydrogen-bond acceptors (Lipinski definition) is 5. The van der Waals surface area contributed by atoms with Gasteiger partial charge < -0.3 is 19.8 Å². The number of Topliss-reactive ketones (excluding diaryl/α,β-unsaturated/α-hetero) is 1. The summed E-state index contributed by atoms with van der Waals surface area (Å²) in [7, 11) is -1.36. The third-order valence-corrected chi connectivity index (χ3v) is 6.62. The number of rotatable bonds is 6. The Kier molecular flexibility index (Phi) is 10.5. The first-order valence-electron chi connectivity index (χ1n) is 12.4. The summed E-state index contributed by atoms with van der Waals surface area (Å²) in [5.41, 5.74) is 4.72. The fourth-order valence-electron chi connectivity index (χ4n) is 4.01. The smallest absolute Gasteiger partial charge is 0.423 e. The van der Waals surface area contributed by atoms with E-state index in [1.807, 2.05) is 42.5 Å². The zero-order valence-electron chi connectivity index (χ0n) is 21.4. The molecule has 2 heterocycles. The van der Waals surface area contributed by atoms with Crippen LogP contribution in [-0.4, -0.2) is 41.1 Å². The Balaban J connectivity index is 0.000000266. The standard InChI is InChI=1S/C20H20ClNO3.C9H13BO2/c1-13(23)15-2-4-16(5-3-15)17(12-14-8-10-25-11-9-14)19-7-6-18(21)20(24)22-19;1-7(2)8-3-5-9(6-4-8)10(11)12/h2-7,12,14H,8-11H2,1H3,(H,22,24);3-7,11-12H,1-2H3/b17-12+;. The maximum absolute atomic E-state index is 11.9. The maximum atomic E-state index is 11.9. The molecule has 0 saturated carbocycles. The van der Waals surface area contributed by atoms with Crippen LogP contribution in [0.4, 0.5) is 0 Å². The van der Waals surface area contributed by atoms with Gasteiger partial charge in [-0.15, -0.1) is 0 Å². The van der Waals surface area contributed by atoms with Gasteiger partial charge in [-0.05, 0) is 60.3 Å². The van der Waals surface area contributed by atoms with Crippen molar-refractivity contribution in [1.29, 1.82) is 0 Å². The second-order valence-electron chi connectivity index (χ2n) is 9.41. The monoisotopic (exact) mass is 521 g/mol. The minimum absolute atomic E-state index is 0.0291.